The van der Waals surface area contributed by atoms with Crippen LogP contribution >= 0.6 is 15.9 Å². The molecule has 0 aliphatic carbocycles. The predicted octanol–water partition coefficient (Wildman–Crippen LogP) is 6.68. The average molecular weight is 604 g/mol. The van der Waals surface area contributed by atoms with Gasteiger partial charge in [0.15, 0.2) is 11.5 Å². The van der Waals surface area contributed by atoms with Gasteiger partial charge in [0.2, 0.25) is 0 Å². The minimum Gasteiger partial charge on any atom is -0.490 e. The zero-order chi connectivity index (χ0) is 28.3. The Bertz CT molecular complexity index is 1490. The maximum Gasteiger partial charge on any atom is 0.271 e. The molecule has 0 aliphatic heterocycles. The first-order valence-corrected chi connectivity index (χ1v) is 13.1. The summed E-state index contributed by atoms with van der Waals surface area (Å²) >= 11 is 3.44. The molecule has 4 aromatic carbocycles. The minimum atomic E-state index is -0.527. The Kier molecular flexibility index (Phi) is 9.84. The number of hydrogen-bond donors (Lipinski definition) is 1. The maximum absolute atomic E-state index is 12.4. The number of amides is 1. The summed E-state index contributed by atoms with van der Waals surface area (Å²) in [5.41, 5.74) is 5.15. The standard InChI is InChI=1S/C30H26BrN3O6/c1-2-38-29-16-22(8-14-28(29)40-19-21-6-4-3-5-7-21)20-39-27-15-11-25(31)17-24(27)18-32-33-30(35)23-9-12-26(13-10-23)34(36)37/h3-18H,2,19-20H2,1H3,(H,33,35)/b32-18+. The summed E-state index contributed by atoms with van der Waals surface area (Å²) in [5, 5.41) is 14.8. The molecule has 40 heavy (non-hydrogen) atoms. The van der Waals surface area contributed by atoms with Gasteiger partial charge in [-0.3, -0.25) is 14.9 Å². The third-order valence-corrected chi connectivity index (χ3v) is 6.11. The van der Waals surface area contributed by atoms with Crippen LogP contribution in [-0.4, -0.2) is 23.7 Å². The third-order valence-electron chi connectivity index (χ3n) is 5.62. The van der Waals surface area contributed by atoms with Crippen LogP contribution in [0.3, 0.4) is 0 Å². The van der Waals surface area contributed by atoms with Crippen molar-refractivity contribution in [2.24, 2.45) is 5.10 Å². The molecule has 0 atom stereocenters. The smallest absolute Gasteiger partial charge is 0.271 e. The summed E-state index contributed by atoms with van der Waals surface area (Å²) in [7, 11) is 0. The molecule has 0 saturated carbocycles. The second kappa shape index (κ2) is 13.9. The number of carbonyl (C=O) groups excluding carboxylic acids is 1. The van der Waals surface area contributed by atoms with Crippen molar-refractivity contribution in [1.29, 1.82) is 0 Å². The number of nitrogens with one attached hydrogen (secondary N) is 1. The molecule has 204 valence electrons. The molecule has 0 saturated heterocycles. The molecule has 0 fully saturated rings. The lowest BCUT2D eigenvalue weighted by Gasteiger charge is -2.14. The van der Waals surface area contributed by atoms with Gasteiger partial charge in [0.05, 0.1) is 17.7 Å². The Labute approximate surface area is 239 Å². The number of hydrazone groups is 1. The molecule has 0 aromatic heterocycles. The van der Waals surface area contributed by atoms with E-state index in [0.717, 1.165) is 15.6 Å². The lowest BCUT2D eigenvalue weighted by atomic mass is 10.2. The third kappa shape index (κ3) is 7.90. The Morgan fingerprint density at radius 1 is 0.875 bits per heavy atom. The van der Waals surface area contributed by atoms with Crippen LogP contribution in [0.2, 0.25) is 0 Å². The van der Waals surface area contributed by atoms with Crippen LogP contribution in [-0.2, 0) is 13.2 Å². The number of ether oxygens (including phenoxy) is 3. The number of non-ortho nitro benzene ring substituents is 1. The highest BCUT2D eigenvalue weighted by Crippen LogP contribution is 2.30. The van der Waals surface area contributed by atoms with Gasteiger partial charge in [-0.25, -0.2) is 5.43 Å². The number of nitro benzene ring substituents is 1. The first kappa shape index (κ1) is 28.3. The predicted molar refractivity (Wildman–Crippen MR) is 155 cm³/mol. The van der Waals surface area contributed by atoms with Crippen LogP contribution in [0.15, 0.2) is 101 Å². The quantitative estimate of drug-likeness (QED) is 0.110. The largest absolute Gasteiger partial charge is 0.490 e. The first-order valence-electron chi connectivity index (χ1n) is 12.4. The Balaban J connectivity index is 1.41. The van der Waals surface area contributed by atoms with Crippen molar-refractivity contribution < 1.29 is 23.9 Å². The molecule has 9 nitrogen and oxygen atoms in total. The van der Waals surface area contributed by atoms with Crippen LogP contribution in [0, 0.1) is 10.1 Å². The summed E-state index contributed by atoms with van der Waals surface area (Å²) in [6, 6.07) is 26.3. The first-order chi connectivity index (χ1) is 19.4. The van der Waals surface area contributed by atoms with Crippen molar-refractivity contribution in [2.75, 3.05) is 6.61 Å². The van der Waals surface area contributed by atoms with Gasteiger partial charge in [0, 0.05) is 27.7 Å². The lowest BCUT2D eigenvalue weighted by molar-refractivity contribution is -0.384. The summed E-state index contributed by atoms with van der Waals surface area (Å²) in [6.45, 7) is 3.10. The van der Waals surface area contributed by atoms with E-state index in [-0.39, 0.29) is 17.9 Å². The summed E-state index contributed by atoms with van der Waals surface area (Å²) in [6.07, 6.45) is 1.47. The second-order valence-corrected chi connectivity index (χ2v) is 9.38. The normalized spacial score (nSPS) is 10.8. The van der Waals surface area contributed by atoms with E-state index in [1.54, 1.807) is 6.07 Å². The van der Waals surface area contributed by atoms with E-state index in [0.29, 0.717) is 36.0 Å². The molecule has 1 amide bonds. The van der Waals surface area contributed by atoms with Crippen molar-refractivity contribution >= 4 is 33.7 Å². The lowest BCUT2D eigenvalue weighted by Crippen LogP contribution is -2.17. The van der Waals surface area contributed by atoms with Crippen LogP contribution < -0.4 is 19.6 Å². The molecular weight excluding hydrogens is 578 g/mol. The van der Waals surface area contributed by atoms with E-state index < -0.39 is 10.8 Å². The number of benzene rings is 4. The van der Waals surface area contributed by atoms with E-state index in [1.165, 1.54) is 30.5 Å². The van der Waals surface area contributed by atoms with Gasteiger partial charge < -0.3 is 14.2 Å². The fourth-order valence-electron chi connectivity index (χ4n) is 3.64. The van der Waals surface area contributed by atoms with Gasteiger partial charge in [-0.05, 0) is 60.5 Å². The van der Waals surface area contributed by atoms with Crippen LogP contribution in [0.4, 0.5) is 5.69 Å². The van der Waals surface area contributed by atoms with E-state index in [9.17, 15) is 14.9 Å². The van der Waals surface area contributed by atoms with Crippen molar-refractivity contribution in [3.63, 3.8) is 0 Å². The average Bonchev–Trinajstić information content (AvgIpc) is 2.97. The SMILES string of the molecule is CCOc1cc(COc2ccc(Br)cc2/C=N/NC(=O)c2ccc([N+](=O)[O-])cc2)ccc1OCc1ccccc1. The zero-order valence-corrected chi connectivity index (χ0v) is 23.2. The van der Waals surface area contributed by atoms with Crippen molar-refractivity contribution in [3.05, 3.63) is 128 Å². The number of nitrogens with zero attached hydrogens (tertiary/aromatic N) is 2. The van der Waals surface area contributed by atoms with E-state index in [4.69, 9.17) is 14.2 Å². The van der Waals surface area contributed by atoms with Crippen molar-refractivity contribution in [2.45, 2.75) is 20.1 Å². The molecule has 0 spiro atoms. The monoisotopic (exact) mass is 603 g/mol. The van der Waals surface area contributed by atoms with Crippen LogP contribution in [0.5, 0.6) is 17.2 Å². The molecule has 4 rings (SSSR count). The highest BCUT2D eigenvalue weighted by atomic mass is 79.9. The molecule has 4 aromatic rings. The molecule has 1 N–H and O–H groups in total. The molecule has 0 radical (unpaired) electrons. The van der Waals surface area contributed by atoms with Crippen LogP contribution in [0.25, 0.3) is 0 Å². The Hall–Kier alpha value is -4.70. The Morgan fingerprint density at radius 2 is 1.57 bits per heavy atom. The van der Waals surface area contributed by atoms with Gasteiger partial charge in [-0.2, -0.15) is 5.10 Å². The highest BCUT2D eigenvalue weighted by Gasteiger charge is 2.11. The van der Waals surface area contributed by atoms with E-state index in [2.05, 4.69) is 26.5 Å². The van der Waals surface area contributed by atoms with Crippen LogP contribution in [0.1, 0.15) is 34.0 Å². The fourth-order valence-corrected chi connectivity index (χ4v) is 4.02. The Morgan fingerprint density at radius 3 is 2.30 bits per heavy atom. The molecular formula is C30H26BrN3O6. The minimum absolute atomic E-state index is 0.0984. The van der Waals surface area contributed by atoms with Gasteiger partial charge in [-0.15, -0.1) is 0 Å². The number of carbonyl (C=O) groups is 1. The topological polar surface area (TPSA) is 112 Å². The van der Waals surface area contributed by atoms with Crippen molar-refractivity contribution in [1.82, 2.24) is 5.43 Å². The summed E-state index contributed by atoms with van der Waals surface area (Å²) in [5.74, 6) is 1.33. The van der Waals surface area contributed by atoms with Gasteiger partial charge in [-0.1, -0.05) is 52.3 Å². The van der Waals surface area contributed by atoms with Gasteiger partial charge in [0.1, 0.15) is 19.0 Å². The molecule has 0 aliphatic rings. The molecule has 10 heteroatoms. The van der Waals surface area contributed by atoms with E-state index >= 15 is 0 Å². The molecule has 0 bridgehead atoms. The van der Waals surface area contributed by atoms with Crippen molar-refractivity contribution in [3.8, 4) is 17.2 Å². The van der Waals surface area contributed by atoms with Gasteiger partial charge >= 0.3 is 0 Å². The number of nitro groups is 1. The number of halogens is 1. The summed E-state index contributed by atoms with van der Waals surface area (Å²) in [4.78, 5) is 22.6. The highest BCUT2D eigenvalue weighted by molar-refractivity contribution is 9.10. The van der Waals surface area contributed by atoms with Gasteiger partial charge in [0.25, 0.3) is 11.6 Å². The fraction of sp³-hybridized carbons (Fsp3) is 0.133. The maximum atomic E-state index is 12.4. The molecule has 0 heterocycles. The zero-order valence-electron chi connectivity index (χ0n) is 21.6. The van der Waals surface area contributed by atoms with E-state index in [1.807, 2.05) is 67.6 Å². The second-order valence-electron chi connectivity index (χ2n) is 8.46. The molecule has 0 unspecified atom stereocenters. The summed E-state index contributed by atoms with van der Waals surface area (Å²) < 4.78 is 18.7. The number of rotatable bonds is 12. The number of hydrogen-bond acceptors (Lipinski definition) is 7.